The lowest BCUT2D eigenvalue weighted by atomic mass is 9.47. The first-order valence-electron chi connectivity index (χ1n) is 17.4. The van der Waals surface area contributed by atoms with E-state index in [1.165, 1.54) is 62.5 Å². The van der Waals surface area contributed by atoms with Crippen LogP contribution in [0.25, 0.3) is 0 Å². The van der Waals surface area contributed by atoms with E-state index < -0.39 is 17.9 Å². The number of rotatable bonds is 9. The molecular formula is C39H58O4. The van der Waals surface area contributed by atoms with Crippen LogP contribution in [0.3, 0.4) is 0 Å². The quantitative estimate of drug-likeness (QED) is 0.153. The molecule has 1 saturated heterocycles. The molecule has 5 fully saturated rings. The zero-order chi connectivity index (χ0) is 31.2. The molecule has 0 aromatic heterocycles. The molecule has 1 heterocycles. The molecule has 0 aromatic rings. The lowest BCUT2D eigenvalue weighted by Crippen LogP contribution is -2.49. The van der Waals surface area contributed by atoms with E-state index in [-0.39, 0.29) is 11.5 Å². The predicted molar refractivity (Wildman–Crippen MR) is 173 cm³/mol. The van der Waals surface area contributed by atoms with Crippen LogP contribution in [0.15, 0.2) is 36.0 Å². The first-order chi connectivity index (χ1) is 20.4. The van der Waals surface area contributed by atoms with Gasteiger partial charge in [0.15, 0.2) is 0 Å². The molecular weight excluding hydrogens is 532 g/mol. The second-order valence-electron chi connectivity index (χ2n) is 16.8. The van der Waals surface area contributed by atoms with E-state index in [4.69, 9.17) is 4.74 Å². The molecule has 0 N–H and O–H groups in total. The SMILES string of the molecule is C=C1CCC2C(CCCC2(C)C)C1CC1OC(CC(C=O)=CCC2C(=C)CCC3C(C)(C)CCCC23C)C(C=O)C1C=O. The van der Waals surface area contributed by atoms with Gasteiger partial charge in [-0.1, -0.05) is 77.8 Å². The van der Waals surface area contributed by atoms with Crippen molar-refractivity contribution in [1.82, 2.24) is 0 Å². The van der Waals surface area contributed by atoms with Gasteiger partial charge in [0.1, 0.15) is 18.9 Å². The molecule has 4 aliphatic carbocycles. The van der Waals surface area contributed by atoms with E-state index in [9.17, 15) is 14.4 Å². The van der Waals surface area contributed by atoms with Crippen LogP contribution in [0.1, 0.15) is 118 Å². The first-order valence-corrected chi connectivity index (χ1v) is 17.4. The van der Waals surface area contributed by atoms with Gasteiger partial charge in [-0.2, -0.15) is 0 Å². The smallest absolute Gasteiger partial charge is 0.145 e. The number of carbonyl (C=O) groups excluding carboxylic acids is 3. The summed E-state index contributed by atoms with van der Waals surface area (Å²) in [5, 5.41) is 0. The van der Waals surface area contributed by atoms with Gasteiger partial charge in [0, 0.05) is 6.42 Å². The third kappa shape index (κ3) is 6.08. The third-order valence-corrected chi connectivity index (χ3v) is 13.7. The minimum atomic E-state index is -0.521. The van der Waals surface area contributed by atoms with Crippen molar-refractivity contribution >= 4 is 18.9 Å². The second kappa shape index (κ2) is 12.5. The largest absolute Gasteiger partial charge is 0.373 e. The zero-order valence-corrected chi connectivity index (χ0v) is 27.7. The molecule has 5 rings (SSSR count). The molecule has 0 bridgehead atoms. The molecule has 10 unspecified atom stereocenters. The van der Waals surface area contributed by atoms with Gasteiger partial charge in [0.2, 0.25) is 0 Å². The highest BCUT2D eigenvalue weighted by Crippen LogP contribution is 2.62. The summed E-state index contributed by atoms with van der Waals surface area (Å²) < 4.78 is 6.61. The zero-order valence-electron chi connectivity index (χ0n) is 27.7. The van der Waals surface area contributed by atoms with Gasteiger partial charge >= 0.3 is 0 Å². The lowest BCUT2D eigenvalue weighted by Gasteiger charge is -2.58. The lowest BCUT2D eigenvalue weighted by molar-refractivity contribution is -0.119. The van der Waals surface area contributed by atoms with Gasteiger partial charge in [-0.3, -0.25) is 4.79 Å². The average molecular weight is 591 g/mol. The summed E-state index contributed by atoms with van der Waals surface area (Å²) in [4.78, 5) is 37.2. The number of ether oxygens (including phenoxy) is 1. The van der Waals surface area contributed by atoms with Gasteiger partial charge in [0.05, 0.1) is 24.0 Å². The fourth-order valence-corrected chi connectivity index (χ4v) is 11.3. The maximum atomic E-state index is 12.4. The molecule has 0 amide bonds. The van der Waals surface area contributed by atoms with E-state index in [2.05, 4.69) is 53.9 Å². The number of hydrogen-bond acceptors (Lipinski definition) is 4. The van der Waals surface area contributed by atoms with Crippen LogP contribution in [0, 0.1) is 57.7 Å². The van der Waals surface area contributed by atoms with Gasteiger partial charge in [-0.25, -0.2) is 0 Å². The molecule has 0 aromatic carbocycles. The van der Waals surface area contributed by atoms with Crippen molar-refractivity contribution in [1.29, 1.82) is 0 Å². The van der Waals surface area contributed by atoms with Gasteiger partial charge in [-0.05, 0) is 116 Å². The minimum Gasteiger partial charge on any atom is -0.373 e. The van der Waals surface area contributed by atoms with E-state index in [0.717, 1.165) is 44.5 Å². The van der Waals surface area contributed by atoms with Crippen LogP contribution in [0.2, 0.25) is 0 Å². The summed E-state index contributed by atoms with van der Waals surface area (Å²) in [6.07, 6.45) is 18.0. The highest BCUT2D eigenvalue weighted by atomic mass is 16.5. The summed E-state index contributed by atoms with van der Waals surface area (Å²) in [6, 6.07) is 0. The second-order valence-corrected chi connectivity index (χ2v) is 16.8. The van der Waals surface area contributed by atoms with Crippen LogP contribution in [0.4, 0.5) is 0 Å². The van der Waals surface area contributed by atoms with Crippen molar-refractivity contribution in [2.45, 2.75) is 130 Å². The van der Waals surface area contributed by atoms with Crippen LogP contribution in [0.5, 0.6) is 0 Å². The van der Waals surface area contributed by atoms with Gasteiger partial charge in [0.25, 0.3) is 0 Å². The molecule has 5 aliphatic rings. The average Bonchev–Trinajstić information content (AvgIpc) is 3.28. The first kappa shape index (κ1) is 32.6. The highest BCUT2D eigenvalue weighted by molar-refractivity contribution is 5.74. The van der Waals surface area contributed by atoms with Crippen molar-refractivity contribution in [2.24, 2.45) is 57.7 Å². The Kier molecular flexibility index (Phi) is 9.49. The summed E-state index contributed by atoms with van der Waals surface area (Å²) in [5.74, 6) is 1.58. The molecule has 4 heteroatoms. The van der Waals surface area contributed by atoms with E-state index in [1.807, 2.05) is 0 Å². The Morgan fingerprint density at radius 3 is 2.21 bits per heavy atom. The number of allylic oxidation sites excluding steroid dienone is 3. The van der Waals surface area contributed by atoms with Crippen molar-refractivity contribution < 1.29 is 19.1 Å². The maximum Gasteiger partial charge on any atom is 0.145 e. The van der Waals surface area contributed by atoms with E-state index in [1.54, 1.807) is 0 Å². The van der Waals surface area contributed by atoms with Crippen molar-refractivity contribution in [3.63, 3.8) is 0 Å². The van der Waals surface area contributed by atoms with Gasteiger partial charge < -0.3 is 14.3 Å². The van der Waals surface area contributed by atoms with Crippen molar-refractivity contribution in [2.75, 3.05) is 0 Å². The number of hydrogen-bond donors (Lipinski definition) is 0. The molecule has 1 aliphatic heterocycles. The van der Waals surface area contributed by atoms with Crippen LogP contribution >= 0.6 is 0 Å². The fraction of sp³-hybridized carbons (Fsp3) is 0.769. The molecule has 43 heavy (non-hydrogen) atoms. The standard InChI is InChI=1S/C39H58O4/c1-25-11-14-33-28(10-8-17-37(33,3)4)29(25)21-35-31(24-42)30(23-41)34(43-35)20-27(22-40)13-15-32-26(2)12-16-36-38(5,6)18-9-19-39(32,36)7/h13,22-24,28-36H,1-2,8-12,14-21H2,3-7H3. The number of aldehydes is 3. The molecule has 10 atom stereocenters. The van der Waals surface area contributed by atoms with E-state index >= 15 is 0 Å². The van der Waals surface area contributed by atoms with E-state index in [0.29, 0.717) is 52.4 Å². The topological polar surface area (TPSA) is 60.4 Å². The Hall–Kier alpha value is -1.81. The van der Waals surface area contributed by atoms with Gasteiger partial charge in [-0.15, -0.1) is 0 Å². The molecule has 238 valence electrons. The molecule has 0 spiro atoms. The summed E-state index contributed by atoms with van der Waals surface area (Å²) >= 11 is 0. The van der Waals surface area contributed by atoms with Crippen LogP contribution in [-0.2, 0) is 19.1 Å². The summed E-state index contributed by atoms with van der Waals surface area (Å²) in [6.45, 7) is 21.2. The van der Waals surface area contributed by atoms with Crippen molar-refractivity contribution in [3.8, 4) is 0 Å². The normalized spacial score (nSPS) is 42.5. The predicted octanol–water partition coefficient (Wildman–Crippen LogP) is 8.89. The maximum absolute atomic E-state index is 12.4. The summed E-state index contributed by atoms with van der Waals surface area (Å²) in [5.41, 5.74) is 4.14. The Morgan fingerprint density at radius 1 is 0.837 bits per heavy atom. The monoisotopic (exact) mass is 590 g/mol. The fourth-order valence-electron chi connectivity index (χ4n) is 11.3. The highest BCUT2D eigenvalue weighted by Gasteiger charge is 2.53. The molecule has 4 nitrogen and oxygen atoms in total. The Labute approximate surface area is 261 Å². The van der Waals surface area contributed by atoms with Crippen LogP contribution < -0.4 is 0 Å². The molecule has 0 radical (unpaired) electrons. The summed E-state index contributed by atoms with van der Waals surface area (Å²) in [7, 11) is 0. The minimum absolute atomic E-state index is 0.193. The number of fused-ring (bicyclic) bond motifs is 2. The number of carbonyl (C=O) groups is 3. The third-order valence-electron chi connectivity index (χ3n) is 13.7. The Bertz CT molecular complexity index is 1130. The Morgan fingerprint density at radius 2 is 1.51 bits per heavy atom. The Balaban J connectivity index is 1.31. The molecule has 4 saturated carbocycles. The van der Waals surface area contributed by atoms with Crippen molar-refractivity contribution in [3.05, 3.63) is 36.0 Å². The van der Waals surface area contributed by atoms with Crippen LogP contribution in [-0.4, -0.2) is 31.1 Å².